The Morgan fingerprint density at radius 3 is 2.40 bits per heavy atom. The molecule has 2 nitrogen and oxygen atoms in total. The average molecular weight is 271 g/mol. The van der Waals surface area contributed by atoms with E-state index in [-0.39, 0.29) is 11.6 Å². The van der Waals surface area contributed by atoms with Crippen LogP contribution in [-0.2, 0) is 0 Å². The van der Waals surface area contributed by atoms with Crippen LogP contribution in [0.1, 0.15) is 22.3 Å². The van der Waals surface area contributed by atoms with Gasteiger partial charge in [0.15, 0.2) is 5.78 Å². The van der Waals surface area contributed by atoms with Crippen LogP contribution in [0.2, 0.25) is 0 Å². The summed E-state index contributed by atoms with van der Waals surface area (Å²) in [6.07, 6.45) is 0.369. The smallest absolute Gasteiger partial charge is 0.164 e. The molecule has 0 fully saturated rings. The van der Waals surface area contributed by atoms with Gasteiger partial charge in [-0.15, -0.1) is 0 Å². The zero-order chi connectivity index (χ0) is 14.5. The first-order chi connectivity index (χ1) is 9.58. The van der Waals surface area contributed by atoms with Crippen molar-refractivity contribution in [1.82, 2.24) is 0 Å². The first-order valence-electron chi connectivity index (χ1n) is 6.63. The minimum Gasteiger partial charge on any atom is -0.372 e. The molecular formula is C17H18FNO. The molecule has 0 bridgehead atoms. The van der Waals surface area contributed by atoms with Crippen LogP contribution in [-0.4, -0.2) is 19.4 Å². The van der Waals surface area contributed by atoms with Gasteiger partial charge in [-0.2, -0.15) is 0 Å². The molecule has 0 spiro atoms. The molecule has 3 heteroatoms. The number of rotatable bonds is 5. The standard InChI is InChI=1S/C17H18FNO/c1-13-7-9-14(10-8-13)17(20)11-12-19(2)16-6-4-3-5-15(16)18/h3-10H,11-12H2,1-2H3. The normalized spacial score (nSPS) is 10.3. The number of carbonyl (C=O) groups is 1. The van der Waals surface area contributed by atoms with E-state index in [1.165, 1.54) is 6.07 Å². The van der Waals surface area contributed by atoms with Gasteiger partial charge in [0, 0.05) is 25.6 Å². The second kappa shape index (κ2) is 6.33. The summed E-state index contributed by atoms with van der Waals surface area (Å²) in [5, 5.41) is 0. The van der Waals surface area contributed by atoms with Crippen molar-refractivity contribution < 1.29 is 9.18 Å². The van der Waals surface area contributed by atoms with Gasteiger partial charge < -0.3 is 4.90 Å². The molecule has 2 aromatic rings. The number of halogens is 1. The van der Waals surface area contributed by atoms with Crippen LogP contribution in [0.3, 0.4) is 0 Å². The molecule has 104 valence electrons. The van der Waals surface area contributed by atoms with Gasteiger partial charge in [-0.25, -0.2) is 4.39 Å². The number of benzene rings is 2. The minimum atomic E-state index is -0.266. The van der Waals surface area contributed by atoms with Crippen LogP contribution in [0, 0.1) is 12.7 Å². The summed E-state index contributed by atoms with van der Waals surface area (Å²) in [5.74, 6) is -0.189. The lowest BCUT2D eigenvalue weighted by molar-refractivity contribution is 0.0985. The first-order valence-corrected chi connectivity index (χ1v) is 6.63. The highest BCUT2D eigenvalue weighted by Gasteiger charge is 2.10. The molecule has 0 saturated heterocycles. The molecule has 0 radical (unpaired) electrons. The van der Waals surface area contributed by atoms with Crippen molar-refractivity contribution in [1.29, 1.82) is 0 Å². The van der Waals surface area contributed by atoms with E-state index in [2.05, 4.69) is 0 Å². The van der Waals surface area contributed by atoms with Crippen molar-refractivity contribution >= 4 is 11.5 Å². The Morgan fingerprint density at radius 1 is 1.10 bits per heavy atom. The fourth-order valence-corrected chi connectivity index (χ4v) is 2.03. The Hall–Kier alpha value is -2.16. The molecule has 0 aliphatic heterocycles. The van der Waals surface area contributed by atoms with Crippen molar-refractivity contribution in [3.63, 3.8) is 0 Å². The van der Waals surface area contributed by atoms with Gasteiger partial charge in [0.25, 0.3) is 0 Å². The molecule has 20 heavy (non-hydrogen) atoms. The number of para-hydroxylation sites is 1. The van der Waals surface area contributed by atoms with Crippen molar-refractivity contribution in [2.24, 2.45) is 0 Å². The van der Waals surface area contributed by atoms with Gasteiger partial charge in [-0.1, -0.05) is 42.0 Å². The number of anilines is 1. The summed E-state index contributed by atoms with van der Waals surface area (Å²) in [6.45, 7) is 2.48. The zero-order valence-electron chi connectivity index (χ0n) is 11.8. The molecule has 0 atom stereocenters. The van der Waals surface area contributed by atoms with E-state index in [0.717, 1.165) is 5.56 Å². The second-order valence-electron chi connectivity index (χ2n) is 4.91. The molecule has 2 rings (SSSR count). The largest absolute Gasteiger partial charge is 0.372 e. The lowest BCUT2D eigenvalue weighted by atomic mass is 10.1. The molecule has 0 heterocycles. The summed E-state index contributed by atoms with van der Waals surface area (Å²) in [7, 11) is 1.79. The van der Waals surface area contributed by atoms with Crippen LogP contribution in [0.15, 0.2) is 48.5 Å². The molecule has 2 aromatic carbocycles. The predicted octanol–water partition coefficient (Wildman–Crippen LogP) is 3.84. The lowest BCUT2D eigenvalue weighted by Crippen LogP contribution is -2.22. The Morgan fingerprint density at radius 2 is 1.75 bits per heavy atom. The van der Waals surface area contributed by atoms with E-state index in [0.29, 0.717) is 24.2 Å². The number of aryl methyl sites for hydroxylation is 1. The monoisotopic (exact) mass is 271 g/mol. The summed E-state index contributed by atoms with van der Waals surface area (Å²) in [5.41, 5.74) is 2.35. The molecule has 0 saturated carbocycles. The topological polar surface area (TPSA) is 20.3 Å². The van der Waals surface area contributed by atoms with E-state index in [1.54, 1.807) is 30.1 Å². The summed E-state index contributed by atoms with van der Waals surface area (Å²) >= 11 is 0. The van der Waals surface area contributed by atoms with Gasteiger partial charge in [-0.3, -0.25) is 4.79 Å². The van der Waals surface area contributed by atoms with Crippen LogP contribution < -0.4 is 4.90 Å². The SMILES string of the molecule is Cc1ccc(C(=O)CCN(C)c2ccccc2F)cc1. The number of carbonyl (C=O) groups excluding carboxylic acids is 1. The average Bonchev–Trinajstić information content (AvgIpc) is 2.45. The van der Waals surface area contributed by atoms with Crippen LogP contribution in [0.5, 0.6) is 0 Å². The summed E-state index contributed by atoms with van der Waals surface area (Å²) in [6, 6.07) is 14.1. The lowest BCUT2D eigenvalue weighted by Gasteiger charge is -2.19. The fourth-order valence-electron chi connectivity index (χ4n) is 2.03. The van der Waals surface area contributed by atoms with E-state index in [4.69, 9.17) is 0 Å². The fraction of sp³-hybridized carbons (Fsp3) is 0.235. The van der Waals surface area contributed by atoms with Crippen LogP contribution >= 0.6 is 0 Å². The first kappa shape index (κ1) is 14.3. The van der Waals surface area contributed by atoms with E-state index in [9.17, 15) is 9.18 Å². The van der Waals surface area contributed by atoms with Crippen molar-refractivity contribution in [2.45, 2.75) is 13.3 Å². The third-order valence-corrected chi connectivity index (χ3v) is 3.31. The number of ketones is 1. The second-order valence-corrected chi connectivity index (χ2v) is 4.91. The number of hydrogen-bond acceptors (Lipinski definition) is 2. The molecule has 0 aromatic heterocycles. The van der Waals surface area contributed by atoms with Crippen molar-refractivity contribution in [3.8, 4) is 0 Å². The maximum atomic E-state index is 13.6. The van der Waals surface area contributed by atoms with E-state index in [1.807, 2.05) is 31.2 Å². The molecule has 0 aliphatic carbocycles. The minimum absolute atomic E-state index is 0.0770. The summed E-state index contributed by atoms with van der Waals surface area (Å²) < 4.78 is 13.6. The van der Waals surface area contributed by atoms with Gasteiger partial charge in [0.2, 0.25) is 0 Å². The van der Waals surface area contributed by atoms with Crippen LogP contribution in [0.4, 0.5) is 10.1 Å². The Labute approximate surface area is 118 Å². The molecule has 0 aliphatic rings. The molecule has 0 amide bonds. The van der Waals surface area contributed by atoms with Crippen molar-refractivity contribution in [3.05, 3.63) is 65.5 Å². The number of Topliss-reactive ketones (excluding diaryl/α,β-unsaturated/α-hetero) is 1. The van der Waals surface area contributed by atoms with E-state index >= 15 is 0 Å². The number of nitrogens with zero attached hydrogens (tertiary/aromatic N) is 1. The number of hydrogen-bond donors (Lipinski definition) is 0. The Bertz CT molecular complexity index is 592. The van der Waals surface area contributed by atoms with Gasteiger partial charge >= 0.3 is 0 Å². The quantitative estimate of drug-likeness (QED) is 0.770. The molecular weight excluding hydrogens is 253 g/mol. The highest BCUT2D eigenvalue weighted by Crippen LogP contribution is 2.17. The maximum absolute atomic E-state index is 13.6. The highest BCUT2D eigenvalue weighted by atomic mass is 19.1. The van der Waals surface area contributed by atoms with Gasteiger partial charge in [-0.05, 0) is 19.1 Å². The maximum Gasteiger partial charge on any atom is 0.164 e. The Balaban J connectivity index is 1.97. The third-order valence-electron chi connectivity index (χ3n) is 3.31. The Kier molecular flexibility index (Phi) is 4.51. The van der Waals surface area contributed by atoms with Gasteiger partial charge in [0.1, 0.15) is 5.82 Å². The third kappa shape index (κ3) is 3.44. The molecule has 0 N–H and O–H groups in total. The zero-order valence-corrected chi connectivity index (χ0v) is 11.8. The summed E-state index contributed by atoms with van der Waals surface area (Å²) in [4.78, 5) is 13.8. The molecule has 0 unspecified atom stereocenters. The van der Waals surface area contributed by atoms with Crippen molar-refractivity contribution in [2.75, 3.05) is 18.5 Å². The van der Waals surface area contributed by atoms with Crippen LogP contribution in [0.25, 0.3) is 0 Å². The van der Waals surface area contributed by atoms with E-state index < -0.39 is 0 Å². The van der Waals surface area contributed by atoms with Gasteiger partial charge in [0.05, 0.1) is 5.69 Å². The highest BCUT2D eigenvalue weighted by molar-refractivity contribution is 5.96. The predicted molar refractivity (Wildman–Crippen MR) is 79.8 cm³/mol.